The smallest absolute Gasteiger partial charge is 0.307 e. The van der Waals surface area contributed by atoms with Crippen LogP contribution in [0.3, 0.4) is 0 Å². The zero-order chi connectivity index (χ0) is 12.1. The molecule has 0 bridgehead atoms. The maximum Gasteiger partial charge on any atom is 0.307 e. The number of esters is 1. The molecule has 0 atom stereocenters. The van der Waals surface area contributed by atoms with Gasteiger partial charge in [-0.1, -0.05) is 12.1 Å². The first-order chi connectivity index (χ1) is 8.29. The van der Waals surface area contributed by atoms with Gasteiger partial charge in [0.25, 0.3) is 0 Å². The lowest BCUT2D eigenvalue weighted by Crippen LogP contribution is -2.06. The van der Waals surface area contributed by atoms with Crippen LogP contribution in [0.15, 0.2) is 29.3 Å². The summed E-state index contributed by atoms with van der Waals surface area (Å²) < 4.78 is 8.34. The minimum Gasteiger partial charge on any atom is -0.466 e. The number of carbonyl (C=O) groups excluding carboxylic acids is 1. The first kappa shape index (κ1) is 12.3. The second kappa shape index (κ2) is 5.93. The Morgan fingerprint density at radius 1 is 1.29 bits per heavy atom. The van der Waals surface area contributed by atoms with Crippen LogP contribution in [0.25, 0.3) is 9.40 Å². The van der Waals surface area contributed by atoms with Gasteiger partial charge in [-0.25, -0.2) is 0 Å². The maximum absolute atomic E-state index is 11.1. The van der Waals surface area contributed by atoms with Gasteiger partial charge in [0.05, 0.1) is 19.6 Å². The van der Waals surface area contributed by atoms with Crippen molar-refractivity contribution in [2.75, 3.05) is 13.2 Å². The summed E-state index contributed by atoms with van der Waals surface area (Å²) >= 11 is 3.32. The highest BCUT2D eigenvalue weighted by Gasteiger charge is 2.00. The topological polar surface area (TPSA) is 38.7 Å². The van der Waals surface area contributed by atoms with Gasteiger partial charge in [0, 0.05) is 9.40 Å². The molecule has 0 unspecified atom stereocenters. The van der Waals surface area contributed by atoms with Crippen LogP contribution in [-0.2, 0) is 9.53 Å². The van der Waals surface area contributed by atoms with Gasteiger partial charge in [0.1, 0.15) is 0 Å². The van der Waals surface area contributed by atoms with Gasteiger partial charge in [-0.2, -0.15) is 0 Å². The van der Waals surface area contributed by atoms with E-state index in [1.165, 1.54) is 9.40 Å². The Balaban J connectivity index is 2.04. The van der Waals surface area contributed by atoms with Crippen molar-refractivity contribution in [3.8, 4) is 0 Å². The average Bonchev–Trinajstić information content (AvgIpc) is 2.71. The van der Waals surface area contributed by atoms with Gasteiger partial charge >= 0.3 is 5.97 Å². The fraction of sp³-hybridized carbons (Fsp3) is 0.333. The van der Waals surface area contributed by atoms with Crippen molar-refractivity contribution >= 4 is 38.0 Å². The third-order valence-corrected chi connectivity index (χ3v) is 4.49. The molecule has 0 saturated heterocycles. The lowest BCUT2D eigenvalue weighted by atomic mass is 10.4. The van der Waals surface area contributed by atoms with E-state index in [-0.39, 0.29) is 5.97 Å². The van der Waals surface area contributed by atoms with Crippen molar-refractivity contribution in [1.29, 1.82) is 0 Å². The monoisotopic (exact) mass is 267 g/mol. The molecule has 3 nitrogen and oxygen atoms in total. The van der Waals surface area contributed by atoms with E-state index < -0.39 is 0 Å². The molecular formula is C12H13NO2S2. The summed E-state index contributed by atoms with van der Waals surface area (Å²) in [5, 5.41) is 0. The predicted octanol–water partition coefficient (Wildman–Crippen LogP) is 2.82. The number of hydrogen-bond acceptors (Lipinski definition) is 5. The fourth-order valence-electron chi connectivity index (χ4n) is 1.36. The molecule has 0 N–H and O–H groups in total. The third kappa shape index (κ3) is 3.38. The van der Waals surface area contributed by atoms with Gasteiger partial charge in [0.15, 0.2) is 3.98 Å². The van der Waals surface area contributed by atoms with E-state index in [0.29, 0.717) is 19.6 Å². The van der Waals surface area contributed by atoms with E-state index >= 15 is 0 Å². The molecule has 0 aliphatic carbocycles. The van der Waals surface area contributed by atoms with Gasteiger partial charge < -0.3 is 4.74 Å². The van der Waals surface area contributed by atoms with Gasteiger partial charge in [-0.15, -0.1) is 22.7 Å². The number of rotatable bonds is 4. The number of ether oxygens (including phenoxy) is 1. The van der Waals surface area contributed by atoms with Gasteiger partial charge in [-0.3, -0.25) is 9.79 Å². The molecular weight excluding hydrogens is 254 g/mol. The fourth-order valence-corrected chi connectivity index (χ4v) is 3.64. The van der Waals surface area contributed by atoms with Crippen LogP contribution in [0.4, 0.5) is 0 Å². The van der Waals surface area contributed by atoms with Crippen molar-refractivity contribution in [3.63, 3.8) is 0 Å². The van der Waals surface area contributed by atoms with E-state index in [2.05, 4.69) is 17.1 Å². The quantitative estimate of drug-likeness (QED) is 0.799. The molecule has 0 radical (unpaired) electrons. The van der Waals surface area contributed by atoms with Crippen LogP contribution in [-0.4, -0.2) is 19.1 Å². The predicted molar refractivity (Wildman–Crippen MR) is 71.4 cm³/mol. The molecule has 17 heavy (non-hydrogen) atoms. The normalized spacial score (nSPS) is 10.4. The summed E-state index contributed by atoms with van der Waals surface area (Å²) in [5.41, 5.74) is 0. The highest BCUT2D eigenvalue weighted by molar-refractivity contribution is 7.35. The van der Waals surface area contributed by atoms with Crippen LogP contribution in [0, 0.1) is 0 Å². The Labute approximate surface area is 107 Å². The largest absolute Gasteiger partial charge is 0.466 e. The Hall–Kier alpha value is -1.20. The van der Waals surface area contributed by atoms with Crippen LogP contribution in [0.5, 0.6) is 0 Å². The SMILES string of the molecule is CCOC(=O)CCN=c1sc2ccccc2s1. The second-order valence-electron chi connectivity index (χ2n) is 3.35. The molecule has 1 heterocycles. The summed E-state index contributed by atoms with van der Waals surface area (Å²) in [7, 11) is 0. The van der Waals surface area contributed by atoms with Crippen molar-refractivity contribution in [2.45, 2.75) is 13.3 Å². The van der Waals surface area contributed by atoms with Crippen molar-refractivity contribution in [2.24, 2.45) is 4.99 Å². The van der Waals surface area contributed by atoms with E-state index in [9.17, 15) is 4.79 Å². The average molecular weight is 267 g/mol. The Bertz CT molecular complexity index is 535. The van der Waals surface area contributed by atoms with Crippen molar-refractivity contribution < 1.29 is 9.53 Å². The number of carbonyl (C=O) groups is 1. The minimum absolute atomic E-state index is 0.178. The van der Waals surface area contributed by atoms with Crippen LogP contribution >= 0.6 is 22.7 Å². The molecule has 0 fully saturated rings. The Kier molecular flexibility index (Phi) is 4.28. The molecule has 1 aromatic carbocycles. The van der Waals surface area contributed by atoms with Crippen molar-refractivity contribution in [3.05, 3.63) is 28.3 Å². The highest BCUT2D eigenvalue weighted by atomic mass is 32.2. The molecule has 2 aromatic rings. The first-order valence-corrected chi connectivity index (χ1v) is 7.07. The summed E-state index contributed by atoms with van der Waals surface area (Å²) in [6.07, 6.45) is 0.356. The minimum atomic E-state index is -0.178. The highest BCUT2D eigenvalue weighted by Crippen LogP contribution is 2.20. The van der Waals surface area contributed by atoms with E-state index in [1.54, 1.807) is 22.7 Å². The maximum atomic E-state index is 11.1. The second-order valence-corrected chi connectivity index (χ2v) is 5.67. The standard InChI is InChI=1S/C12H13NO2S2/c1-2-15-11(14)7-8-13-12-16-9-5-3-4-6-10(9)17-12/h3-6H,2,7-8H2,1H3. The Morgan fingerprint density at radius 2 is 1.94 bits per heavy atom. The third-order valence-electron chi connectivity index (χ3n) is 2.11. The molecule has 5 heteroatoms. The number of nitrogens with zero attached hydrogens (tertiary/aromatic N) is 1. The van der Waals surface area contributed by atoms with Crippen LogP contribution in [0.1, 0.15) is 13.3 Å². The van der Waals surface area contributed by atoms with Crippen molar-refractivity contribution in [1.82, 2.24) is 0 Å². The van der Waals surface area contributed by atoms with Gasteiger partial charge in [0.2, 0.25) is 0 Å². The molecule has 0 amide bonds. The molecule has 0 spiro atoms. The number of benzene rings is 1. The molecule has 0 aliphatic heterocycles. The first-order valence-electron chi connectivity index (χ1n) is 5.44. The summed E-state index contributed by atoms with van der Waals surface area (Å²) in [6, 6.07) is 8.21. The number of hydrogen-bond donors (Lipinski definition) is 0. The van der Waals surface area contributed by atoms with Crippen LogP contribution in [0.2, 0.25) is 0 Å². The summed E-state index contributed by atoms with van der Waals surface area (Å²) in [5.74, 6) is -0.178. The van der Waals surface area contributed by atoms with E-state index in [0.717, 1.165) is 3.98 Å². The zero-order valence-electron chi connectivity index (χ0n) is 9.51. The number of fused-ring (bicyclic) bond motifs is 1. The Morgan fingerprint density at radius 3 is 2.53 bits per heavy atom. The molecule has 0 aliphatic rings. The molecule has 2 rings (SSSR count). The lowest BCUT2D eigenvalue weighted by molar-refractivity contribution is -0.142. The van der Waals surface area contributed by atoms with E-state index in [4.69, 9.17) is 4.74 Å². The summed E-state index contributed by atoms with van der Waals surface area (Å²) in [4.78, 5) is 15.5. The van der Waals surface area contributed by atoms with Gasteiger partial charge in [-0.05, 0) is 19.1 Å². The zero-order valence-corrected chi connectivity index (χ0v) is 11.1. The molecule has 1 aromatic heterocycles. The van der Waals surface area contributed by atoms with E-state index in [1.807, 2.05) is 19.1 Å². The molecule has 90 valence electrons. The lowest BCUT2D eigenvalue weighted by Gasteiger charge is -1.97. The summed E-state index contributed by atoms with van der Waals surface area (Å²) in [6.45, 7) is 2.75. The molecule has 0 saturated carbocycles. The van der Waals surface area contributed by atoms with Crippen LogP contribution < -0.4 is 3.98 Å².